The van der Waals surface area contributed by atoms with Gasteiger partial charge in [-0.3, -0.25) is 9.59 Å². The summed E-state index contributed by atoms with van der Waals surface area (Å²) in [5, 5.41) is 0. The number of allylic oxidation sites excluding steroid dienone is 8. The molecule has 0 fully saturated rings. The zero-order chi connectivity index (χ0) is 35.4. The summed E-state index contributed by atoms with van der Waals surface area (Å²) in [6.07, 6.45) is 43.9. The second-order valence-corrected chi connectivity index (χ2v) is 18.7. The first-order valence-corrected chi connectivity index (χ1v) is 23.3. The van der Waals surface area contributed by atoms with Crippen molar-refractivity contribution < 1.29 is 23.5 Å². The van der Waals surface area contributed by atoms with Crippen molar-refractivity contribution in [1.29, 1.82) is 0 Å². The molecule has 0 aliphatic rings. The molecule has 0 spiro atoms. The molecule has 0 saturated carbocycles. The highest BCUT2D eigenvalue weighted by Crippen LogP contribution is 2.13. The normalized spacial score (nSPS) is 13.0. The zero-order valence-electron chi connectivity index (χ0n) is 32.1. The molecule has 0 bridgehead atoms. The van der Waals surface area contributed by atoms with E-state index in [1.165, 1.54) is 70.6 Å². The van der Waals surface area contributed by atoms with Crippen molar-refractivity contribution >= 4 is 20.3 Å². The van der Waals surface area contributed by atoms with Gasteiger partial charge in [-0.05, 0) is 90.3 Å². The summed E-state index contributed by atoms with van der Waals surface area (Å²) in [6.45, 7) is 11.1. The number of hydrogen-bond donors (Lipinski definition) is 0. The molecule has 0 rings (SSSR count). The van der Waals surface area contributed by atoms with Crippen LogP contribution in [0.1, 0.15) is 168 Å². The molecule has 1 atom stereocenters. The van der Waals surface area contributed by atoms with Crippen molar-refractivity contribution in [2.24, 2.45) is 0 Å². The maximum Gasteiger partial charge on any atom is 0.306 e. The monoisotopic (exact) mass is 689 g/mol. The third-order valence-electron chi connectivity index (χ3n) is 8.10. The average molecular weight is 689 g/mol. The average Bonchev–Trinajstić information content (AvgIpc) is 3.05. The minimum absolute atomic E-state index is 0.0688. The molecule has 0 aliphatic heterocycles. The zero-order valence-corrected chi connectivity index (χ0v) is 33.1. The van der Waals surface area contributed by atoms with Crippen LogP contribution >= 0.6 is 0 Å². The Bertz CT molecular complexity index is 855. The molecule has 0 aromatic carbocycles. The van der Waals surface area contributed by atoms with Gasteiger partial charge >= 0.3 is 11.9 Å². The van der Waals surface area contributed by atoms with Crippen LogP contribution in [-0.2, 0) is 23.5 Å². The molecule has 0 radical (unpaired) electrons. The summed E-state index contributed by atoms with van der Waals surface area (Å²) in [4.78, 5) is 24.9. The minimum Gasteiger partial charge on any atom is -0.462 e. The van der Waals surface area contributed by atoms with Crippen LogP contribution in [0, 0.1) is 0 Å². The Labute approximate surface area is 298 Å². The van der Waals surface area contributed by atoms with Gasteiger partial charge in [-0.1, -0.05) is 133 Å². The minimum atomic E-state index is -1.79. The van der Waals surface area contributed by atoms with E-state index in [-0.39, 0.29) is 25.2 Å². The summed E-state index contributed by atoms with van der Waals surface area (Å²) < 4.78 is 17.2. The smallest absolute Gasteiger partial charge is 0.306 e. The SMILES string of the molecule is CC/C=C\C/C=C\C/C=C\CCCCCCCC(=O)OC(COC(=O)CCCCCCC/C=C\CCCCCCCC)CO[Si](C)(C)C. The Morgan fingerprint density at radius 2 is 0.958 bits per heavy atom. The van der Waals surface area contributed by atoms with Crippen LogP contribution in [0.3, 0.4) is 0 Å². The predicted molar refractivity (Wildman–Crippen MR) is 209 cm³/mol. The van der Waals surface area contributed by atoms with Crippen molar-refractivity contribution in [2.45, 2.75) is 194 Å². The topological polar surface area (TPSA) is 61.8 Å². The number of ether oxygens (including phenoxy) is 2. The first-order chi connectivity index (χ1) is 23.3. The molecule has 48 heavy (non-hydrogen) atoms. The van der Waals surface area contributed by atoms with E-state index in [2.05, 4.69) is 82.1 Å². The molecule has 6 heteroatoms. The van der Waals surface area contributed by atoms with Crippen molar-refractivity contribution in [3.8, 4) is 0 Å². The quantitative estimate of drug-likeness (QED) is 0.0291. The van der Waals surface area contributed by atoms with Crippen molar-refractivity contribution in [3.05, 3.63) is 48.6 Å². The molecule has 5 nitrogen and oxygen atoms in total. The maximum absolute atomic E-state index is 12.6. The highest BCUT2D eigenvalue weighted by Gasteiger charge is 2.22. The van der Waals surface area contributed by atoms with E-state index in [1.54, 1.807) is 0 Å². The van der Waals surface area contributed by atoms with Gasteiger partial charge in [-0.2, -0.15) is 0 Å². The summed E-state index contributed by atoms with van der Waals surface area (Å²) >= 11 is 0. The fourth-order valence-electron chi connectivity index (χ4n) is 5.19. The van der Waals surface area contributed by atoms with Crippen LogP contribution in [-0.4, -0.2) is 39.6 Å². The third-order valence-corrected chi connectivity index (χ3v) is 9.14. The Hall–Kier alpha value is -1.92. The van der Waals surface area contributed by atoms with E-state index in [4.69, 9.17) is 13.9 Å². The predicted octanol–water partition coefficient (Wildman–Crippen LogP) is 12.9. The van der Waals surface area contributed by atoms with Gasteiger partial charge in [0.25, 0.3) is 0 Å². The lowest BCUT2D eigenvalue weighted by atomic mass is 10.1. The highest BCUT2D eigenvalue weighted by molar-refractivity contribution is 6.69. The molecule has 0 aliphatic carbocycles. The van der Waals surface area contributed by atoms with Crippen LogP contribution in [0.4, 0.5) is 0 Å². The number of rotatable bonds is 34. The van der Waals surface area contributed by atoms with Crippen molar-refractivity contribution in [2.75, 3.05) is 13.2 Å². The van der Waals surface area contributed by atoms with Crippen LogP contribution in [0.2, 0.25) is 19.6 Å². The molecular formula is C42H76O5Si. The summed E-state index contributed by atoms with van der Waals surface area (Å²) in [6, 6.07) is 0. The molecule has 1 unspecified atom stereocenters. The van der Waals surface area contributed by atoms with Crippen LogP contribution in [0.5, 0.6) is 0 Å². The lowest BCUT2D eigenvalue weighted by Crippen LogP contribution is -2.35. The van der Waals surface area contributed by atoms with Gasteiger partial charge < -0.3 is 13.9 Å². The standard InChI is InChI=1S/C42H76O5Si/c1-6-8-10-12-14-16-18-20-22-24-26-28-30-32-34-36-41(43)45-38-40(39-46-48(3,4)5)47-42(44)37-35-33-31-29-27-25-23-21-19-17-15-13-11-9-7-2/h9,11,15,17,20-23,40H,6-8,10,12-14,16,18-19,24-39H2,1-5H3/b11-9-,17-15-,22-20-,23-21-. The van der Waals surface area contributed by atoms with Crippen LogP contribution in [0.25, 0.3) is 0 Å². The third kappa shape index (κ3) is 36.9. The Morgan fingerprint density at radius 1 is 0.521 bits per heavy atom. The number of esters is 2. The molecule has 0 aromatic rings. The first-order valence-electron chi connectivity index (χ1n) is 19.9. The van der Waals surface area contributed by atoms with Crippen molar-refractivity contribution in [3.63, 3.8) is 0 Å². The van der Waals surface area contributed by atoms with Crippen LogP contribution in [0.15, 0.2) is 48.6 Å². The van der Waals surface area contributed by atoms with E-state index < -0.39 is 14.4 Å². The lowest BCUT2D eigenvalue weighted by Gasteiger charge is -2.23. The molecule has 0 saturated heterocycles. The van der Waals surface area contributed by atoms with Crippen LogP contribution < -0.4 is 0 Å². The largest absolute Gasteiger partial charge is 0.462 e. The van der Waals surface area contributed by atoms with E-state index >= 15 is 0 Å². The van der Waals surface area contributed by atoms with Gasteiger partial charge in [-0.15, -0.1) is 0 Å². The Kier molecular flexibility index (Phi) is 33.5. The van der Waals surface area contributed by atoms with Gasteiger partial charge in [0.1, 0.15) is 6.61 Å². The van der Waals surface area contributed by atoms with Gasteiger partial charge in [0.2, 0.25) is 0 Å². The Morgan fingerprint density at radius 3 is 1.48 bits per heavy atom. The number of carbonyl (C=O) groups is 2. The fraction of sp³-hybridized carbons (Fsp3) is 0.762. The number of carbonyl (C=O) groups excluding carboxylic acids is 2. The number of unbranched alkanes of at least 4 members (excludes halogenated alkanes) is 16. The van der Waals surface area contributed by atoms with Gasteiger partial charge in [-0.25, -0.2) is 0 Å². The van der Waals surface area contributed by atoms with E-state index in [9.17, 15) is 9.59 Å². The fourth-order valence-corrected chi connectivity index (χ4v) is 5.88. The first kappa shape index (κ1) is 46.1. The molecule has 278 valence electrons. The summed E-state index contributed by atoms with van der Waals surface area (Å²) in [5.74, 6) is -0.443. The molecule has 0 amide bonds. The lowest BCUT2D eigenvalue weighted by molar-refractivity contribution is -0.161. The molecule has 0 N–H and O–H groups in total. The number of hydrogen-bond acceptors (Lipinski definition) is 5. The maximum atomic E-state index is 12.6. The molecular weight excluding hydrogens is 613 g/mol. The van der Waals surface area contributed by atoms with Gasteiger partial charge in [0, 0.05) is 12.8 Å². The van der Waals surface area contributed by atoms with E-state index in [0.717, 1.165) is 70.6 Å². The second kappa shape index (κ2) is 34.9. The van der Waals surface area contributed by atoms with Crippen molar-refractivity contribution in [1.82, 2.24) is 0 Å². The molecule has 0 heterocycles. The van der Waals surface area contributed by atoms with E-state index in [0.29, 0.717) is 12.8 Å². The second-order valence-electron chi connectivity index (χ2n) is 14.2. The highest BCUT2D eigenvalue weighted by atomic mass is 28.4. The Balaban J connectivity index is 4.01. The van der Waals surface area contributed by atoms with Gasteiger partial charge in [0.15, 0.2) is 14.4 Å². The summed E-state index contributed by atoms with van der Waals surface area (Å²) in [7, 11) is -1.79. The van der Waals surface area contributed by atoms with Gasteiger partial charge in [0.05, 0.1) is 6.61 Å². The van der Waals surface area contributed by atoms with E-state index in [1.807, 2.05) is 0 Å². The summed E-state index contributed by atoms with van der Waals surface area (Å²) in [5.41, 5.74) is 0. The molecule has 0 aromatic heterocycles.